The van der Waals surface area contributed by atoms with E-state index in [1.165, 1.54) is 57.8 Å². The Labute approximate surface area is 118 Å². The molecule has 0 amide bonds. The molecule has 0 bridgehead atoms. The van der Waals surface area contributed by atoms with E-state index in [1.54, 1.807) is 0 Å². The van der Waals surface area contributed by atoms with Crippen LogP contribution in [0.5, 0.6) is 0 Å². The molecule has 1 aliphatic heterocycles. The fraction of sp³-hybridized carbons (Fsp3) is 0.882. The Bertz CT molecular complexity index is 321. The quantitative estimate of drug-likeness (QED) is 0.752. The van der Waals surface area contributed by atoms with Gasteiger partial charge in [-0.25, -0.2) is 0 Å². The molecule has 3 atom stereocenters. The van der Waals surface area contributed by atoms with Crippen molar-refractivity contribution in [1.82, 2.24) is 4.90 Å². The third-order valence-corrected chi connectivity index (χ3v) is 5.58. The Morgan fingerprint density at radius 1 is 1.11 bits per heavy atom. The molecule has 1 heterocycles. The highest BCUT2D eigenvalue weighted by molar-refractivity contribution is 5.03. The fourth-order valence-corrected chi connectivity index (χ4v) is 4.61. The molecule has 0 aromatic rings. The minimum Gasteiger partial charge on any atom is -0.474 e. The molecule has 3 aliphatic rings. The summed E-state index contributed by atoms with van der Waals surface area (Å²) in [6, 6.07) is 0.633. The van der Waals surface area contributed by atoms with Crippen LogP contribution in [0.2, 0.25) is 0 Å². The average Bonchev–Trinajstić information content (AvgIpc) is 2.76. The lowest BCUT2D eigenvalue weighted by atomic mass is 9.71. The zero-order valence-electron chi connectivity index (χ0n) is 12.4. The van der Waals surface area contributed by atoms with Gasteiger partial charge in [0, 0.05) is 6.54 Å². The smallest absolute Gasteiger partial charge is 0.182 e. The van der Waals surface area contributed by atoms with Crippen molar-refractivity contribution in [3.63, 3.8) is 0 Å². The van der Waals surface area contributed by atoms with E-state index in [-0.39, 0.29) is 0 Å². The first kappa shape index (κ1) is 13.3. The van der Waals surface area contributed by atoms with Crippen molar-refractivity contribution in [2.45, 2.75) is 76.9 Å². The highest BCUT2D eigenvalue weighted by atomic mass is 16.5. The molecular formula is C17H29NO. The summed E-state index contributed by atoms with van der Waals surface area (Å²) in [5.41, 5.74) is 0. The zero-order valence-corrected chi connectivity index (χ0v) is 12.4. The van der Waals surface area contributed by atoms with Crippen LogP contribution < -0.4 is 0 Å². The number of fused-ring (bicyclic) bond motifs is 1. The normalized spacial score (nSPS) is 36.2. The van der Waals surface area contributed by atoms with Gasteiger partial charge < -0.3 is 9.64 Å². The lowest BCUT2D eigenvalue weighted by Gasteiger charge is -2.39. The number of hydrogen-bond acceptors (Lipinski definition) is 2. The Hall–Kier alpha value is -0.660. The van der Waals surface area contributed by atoms with Gasteiger partial charge in [-0.3, -0.25) is 0 Å². The maximum atomic E-state index is 6.00. The van der Waals surface area contributed by atoms with Crippen LogP contribution in [0, 0.1) is 11.8 Å². The van der Waals surface area contributed by atoms with E-state index in [9.17, 15) is 0 Å². The SMILES string of the molecule is C=C1OC2CCC(C3CCCCC3)CC2N1CCC. The molecule has 2 aliphatic carbocycles. The van der Waals surface area contributed by atoms with Gasteiger partial charge in [0.05, 0.1) is 6.04 Å². The Morgan fingerprint density at radius 2 is 1.89 bits per heavy atom. The van der Waals surface area contributed by atoms with Crippen molar-refractivity contribution < 1.29 is 4.74 Å². The second-order valence-electron chi connectivity index (χ2n) is 6.78. The van der Waals surface area contributed by atoms with E-state index in [0.717, 1.165) is 24.3 Å². The first-order valence-corrected chi connectivity index (χ1v) is 8.41. The standard InChI is InChI=1S/C17H29NO/c1-3-11-18-13(2)19-17-10-9-15(12-16(17)18)14-7-5-4-6-8-14/h14-17H,2-12H2,1H3. The van der Waals surface area contributed by atoms with Crippen LogP contribution in [-0.4, -0.2) is 23.6 Å². The molecule has 2 saturated carbocycles. The lowest BCUT2D eigenvalue weighted by molar-refractivity contribution is 0.0734. The molecular weight excluding hydrogens is 234 g/mol. The van der Waals surface area contributed by atoms with Gasteiger partial charge in [-0.15, -0.1) is 0 Å². The summed E-state index contributed by atoms with van der Waals surface area (Å²) >= 11 is 0. The first-order chi connectivity index (χ1) is 9.29. The van der Waals surface area contributed by atoms with Gasteiger partial charge >= 0.3 is 0 Å². The number of ether oxygens (including phenoxy) is 1. The zero-order chi connectivity index (χ0) is 13.2. The minimum atomic E-state index is 0.443. The summed E-state index contributed by atoms with van der Waals surface area (Å²) < 4.78 is 6.00. The van der Waals surface area contributed by atoms with Crippen molar-refractivity contribution in [1.29, 1.82) is 0 Å². The Kier molecular flexibility index (Phi) is 4.04. The second kappa shape index (κ2) is 5.76. The van der Waals surface area contributed by atoms with Crippen molar-refractivity contribution in [3.8, 4) is 0 Å². The predicted octanol–water partition coefficient (Wildman–Crippen LogP) is 4.32. The van der Waals surface area contributed by atoms with E-state index in [0.29, 0.717) is 12.1 Å². The number of rotatable bonds is 3. The van der Waals surface area contributed by atoms with Crippen molar-refractivity contribution in [3.05, 3.63) is 12.5 Å². The fourth-order valence-electron chi connectivity index (χ4n) is 4.61. The van der Waals surface area contributed by atoms with Crippen LogP contribution in [0.15, 0.2) is 12.5 Å². The number of nitrogens with zero attached hydrogens (tertiary/aromatic N) is 1. The van der Waals surface area contributed by atoms with Gasteiger partial charge in [-0.05, 0) is 44.1 Å². The minimum absolute atomic E-state index is 0.443. The second-order valence-corrected chi connectivity index (χ2v) is 6.78. The van der Waals surface area contributed by atoms with Crippen molar-refractivity contribution >= 4 is 0 Å². The summed E-state index contributed by atoms with van der Waals surface area (Å²) in [5, 5.41) is 0. The molecule has 2 heteroatoms. The Morgan fingerprint density at radius 3 is 2.63 bits per heavy atom. The predicted molar refractivity (Wildman–Crippen MR) is 78.7 cm³/mol. The molecule has 0 spiro atoms. The van der Waals surface area contributed by atoms with E-state index < -0.39 is 0 Å². The van der Waals surface area contributed by atoms with Gasteiger partial charge in [0.1, 0.15) is 6.10 Å². The maximum Gasteiger partial charge on any atom is 0.182 e. The molecule has 0 aromatic heterocycles. The van der Waals surface area contributed by atoms with E-state index in [4.69, 9.17) is 4.74 Å². The maximum absolute atomic E-state index is 6.00. The van der Waals surface area contributed by atoms with E-state index >= 15 is 0 Å². The Balaban J connectivity index is 1.64. The van der Waals surface area contributed by atoms with E-state index in [2.05, 4.69) is 18.4 Å². The summed E-state index contributed by atoms with van der Waals surface area (Å²) in [4.78, 5) is 2.46. The highest BCUT2D eigenvalue weighted by Crippen LogP contribution is 2.43. The molecule has 2 nitrogen and oxygen atoms in total. The summed E-state index contributed by atoms with van der Waals surface area (Å²) in [5.74, 6) is 2.91. The molecule has 0 N–H and O–H groups in total. The largest absolute Gasteiger partial charge is 0.474 e. The molecule has 108 valence electrons. The topological polar surface area (TPSA) is 12.5 Å². The van der Waals surface area contributed by atoms with Gasteiger partial charge in [0.2, 0.25) is 0 Å². The summed E-state index contributed by atoms with van der Waals surface area (Å²) in [7, 11) is 0. The summed E-state index contributed by atoms with van der Waals surface area (Å²) in [6.45, 7) is 7.49. The number of hydrogen-bond donors (Lipinski definition) is 0. The molecule has 3 rings (SSSR count). The van der Waals surface area contributed by atoms with Crippen LogP contribution in [0.25, 0.3) is 0 Å². The first-order valence-electron chi connectivity index (χ1n) is 8.41. The van der Waals surface area contributed by atoms with Crippen LogP contribution >= 0.6 is 0 Å². The molecule has 0 aromatic carbocycles. The third kappa shape index (κ3) is 2.64. The monoisotopic (exact) mass is 263 g/mol. The molecule has 3 unspecified atom stereocenters. The average molecular weight is 263 g/mol. The van der Waals surface area contributed by atoms with Gasteiger partial charge in [-0.1, -0.05) is 39.0 Å². The van der Waals surface area contributed by atoms with Gasteiger partial charge in [0.15, 0.2) is 5.88 Å². The summed E-state index contributed by atoms with van der Waals surface area (Å²) in [6.07, 6.45) is 13.0. The van der Waals surface area contributed by atoms with Crippen LogP contribution in [0.4, 0.5) is 0 Å². The van der Waals surface area contributed by atoms with Gasteiger partial charge in [0.25, 0.3) is 0 Å². The van der Waals surface area contributed by atoms with Crippen LogP contribution in [0.3, 0.4) is 0 Å². The molecule has 1 saturated heterocycles. The van der Waals surface area contributed by atoms with Crippen LogP contribution in [-0.2, 0) is 4.74 Å². The van der Waals surface area contributed by atoms with Gasteiger partial charge in [-0.2, -0.15) is 0 Å². The van der Waals surface area contributed by atoms with Crippen molar-refractivity contribution in [2.24, 2.45) is 11.8 Å². The lowest BCUT2D eigenvalue weighted by Crippen LogP contribution is -2.41. The molecule has 3 fully saturated rings. The highest BCUT2D eigenvalue weighted by Gasteiger charge is 2.43. The third-order valence-electron chi connectivity index (χ3n) is 5.58. The van der Waals surface area contributed by atoms with E-state index in [1.807, 2.05) is 0 Å². The molecule has 0 radical (unpaired) electrons. The molecule has 19 heavy (non-hydrogen) atoms. The van der Waals surface area contributed by atoms with Crippen LogP contribution in [0.1, 0.15) is 64.7 Å². The van der Waals surface area contributed by atoms with Crippen molar-refractivity contribution in [2.75, 3.05) is 6.54 Å².